The number of likely N-dealkylation sites (tertiary alicyclic amines) is 1. The van der Waals surface area contributed by atoms with Crippen molar-refractivity contribution in [1.29, 1.82) is 0 Å². The van der Waals surface area contributed by atoms with Gasteiger partial charge in [0, 0.05) is 19.1 Å². The van der Waals surface area contributed by atoms with Crippen molar-refractivity contribution < 1.29 is 0 Å². The number of nitrogens with zero attached hydrogens (tertiary/aromatic N) is 1. The van der Waals surface area contributed by atoms with E-state index in [2.05, 4.69) is 37.9 Å². The molecule has 0 radical (unpaired) electrons. The van der Waals surface area contributed by atoms with Gasteiger partial charge in [-0.3, -0.25) is 0 Å². The maximum atomic E-state index is 3.54. The summed E-state index contributed by atoms with van der Waals surface area (Å²) < 4.78 is 0. The minimum absolute atomic E-state index is 0.540. The van der Waals surface area contributed by atoms with Crippen molar-refractivity contribution in [3.63, 3.8) is 0 Å². The van der Waals surface area contributed by atoms with E-state index in [1.807, 2.05) is 0 Å². The molecular formula is C13H28N2. The lowest BCUT2D eigenvalue weighted by atomic mass is 9.77. The van der Waals surface area contributed by atoms with Gasteiger partial charge < -0.3 is 10.2 Å². The van der Waals surface area contributed by atoms with Crippen molar-refractivity contribution >= 4 is 0 Å². The number of hydrogen-bond donors (Lipinski definition) is 1. The van der Waals surface area contributed by atoms with Gasteiger partial charge in [-0.2, -0.15) is 0 Å². The Kier molecular flexibility index (Phi) is 5.07. The van der Waals surface area contributed by atoms with Crippen LogP contribution in [0.2, 0.25) is 0 Å². The molecule has 1 rings (SSSR count). The molecular weight excluding hydrogens is 184 g/mol. The van der Waals surface area contributed by atoms with Crippen LogP contribution in [0.25, 0.3) is 0 Å². The van der Waals surface area contributed by atoms with Gasteiger partial charge in [0.2, 0.25) is 0 Å². The lowest BCUT2D eigenvalue weighted by Gasteiger charge is -2.44. The zero-order valence-corrected chi connectivity index (χ0v) is 11.0. The van der Waals surface area contributed by atoms with E-state index in [0.29, 0.717) is 11.5 Å². The Morgan fingerprint density at radius 3 is 2.60 bits per heavy atom. The molecule has 0 spiro atoms. The van der Waals surface area contributed by atoms with Crippen LogP contribution in [0.1, 0.15) is 47.0 Å². The van der Waals surface area contributed by atoms with Crippen molar-refractivity contribution in [3.05, 3.63) is 0 Å². The molecule has 0 aromatic rings. The molecule has 1 heterocycles. The zero-order chi connectivity index (χ0) is 11.3. The van der Waals surface area contributed by atoms with E-state index in [9.17, 15) is 0 Å². The second-order valence-electron chi connectivity index (χ2n) is 5.30. The minimum atomic E-state index is 0.540. The first-order valence-electron chi connectivity index (χ1n) is 6.58. The third kappa shape index (κ3) is 3.46. The summed E-state index contributed by atoms with van der Waals surface area (Å²) in [6.07, 6.45) is 4.08. The third-order valence-corrected chi connectivity index (χ3v) is 3.92. The minimum Gasteiger partial charge on any atom is -0.316 e. The SMILES string of the molecule is CCNCC1(CC)CCCN(C(C)C)C1. The predicted molar refractivity (Wildman–Crippen MR) is 67.2 cm³/mol. The van der Waals surface area contributed by atoms with Gasteiger partial charge in [0.05, 0.1) is 0 Å². The van der Waals surface area contributed by atoms with E-state index in [1.54, 1.807) is 0 Å². The number of nitrogens with one attached hydrogen (secondary N) is 1. The Morgan fingerprint density at radius 1 is 1.33 bits per heavy atom. The van der Waals surface area contributed by atoms with Crippen LogP contribution in [-0.4, -0.2) is 37.1 Å². The summed E-state index contributed by atoms with van der Waals surface area (Å²) in [5, 5.41) is 3.54. The van der Waals surface area contributed by atoms with Gasteiger partial charge in [-0.25, -0.2) is 0 Å². The van der Waals surface area contributed by atoms with Crippen LogP contribution in [0.5, 0.6) is 0 Å². The van der Waals surface area contributed by atoms with Gasteiger partial charge in [-0.1, -0.05) is 13.8 Å². The largest absolute Gasteiger partial charge is 0.316 e. The summed E-state index contributed by atoms with van der Waals surface area (Å²) in [5.41, 5.74) is 0.540. The Bertz CT molecular complexity index is 179. The molecule has 90 valence electrons. The molecule has 0 amide bonds. The van der Waals surface area contributed by atoms with Gasteiger partial charge in [0.25, 0.3) is 0 Å². The van der Waals surface area contributed by atoms with Crippen molar-refractivity contribution in [2.45, 2.75) is 53.0 Å². The molecule has 15 heavy (non-hydrogen) atoms. The number of hydrogen-bond acceptors (Lipinski definition) is 2. The fraction of sp³-hybridized carbons (Fsp3) is 1.00. The van der Waals surface area contributed by atoms with E-state index in [1.165, 1.54) is 38.9 Å². The second kappa shape index (κ2) is 5.86. The smallest absolute Gasteiger partial charge is 0.00527 e. The van der Waals surface area contributed by atoms with Crippen molar-refractivity contribution in [1.82, 2.24) is 10.2 Å². The predicted octanol–water partition coefficient (Wildman–Crippen LogP) is 2.50. The van der Waals surface area contributed by atoms with E-state index in [-0.39, 0.29) is 0 Å². The van der Waals surface area contributed by atoms with Crippen molar-refractivity contribution in [3.8, 4) is 0 Å². The molecule has 0 bridgehead atoms. The van der Waals surface area contributed by atoms with Crippen LogP contribution in [0.3, 0.4) is 0 Å². The first kappa shape index (κ1) is 13.0. The summed E-state index contributed by atoms with van der Waals surface area (Å²) in [6.45, 7) is 14.1. The standard InChI is InChI=1S/C13H28N2/c1-5-13(10-14-6-2)8-7-9-15(11-13)12(3)4/h12,14H,5-11H2,1-4H3. The van der Waals surface area contributed by atoms with Gasteiger partial charge in [-0.05, 0) is 51.6 Å². The summed E-state index contributed by atoms with van der Waals surface area (Å²) in [6, 6.07) is 0.706. The molecule has 1 unspecified atom stereocenters. The fourth-order valence-corrected chi connectivity index (χ4v) is 2.63. The van der Waals surface area contributed by atoms with E-state index in [4.69, 9.17) is 0 Å². The summed E-state index contributed by atoms with van der Waals surface area (Å²) in [7, 11) is 0. The molecule has 2 nitrogen and oxygen atoms in total. The highest BCUT2D eigenvalue weighted by Gasteiger charge is 2.33. The molecule has 1 fully saturated rings. The van der Waals surface area contributed by atoms with Crippen LogP contribution in [0.15, 0.2) is 0 Å². The molecule has 1 atom stereocenters. The molecule has 1 N–H and O–H groups in total. The fourth-order valence-electron chi connectivity index (χ4n) is 2.63. The van der Waals surface area contributed by atoms with Crippen molar-refractivity contribution in [2.24, 2.45) is 5.41 Å². The monoisotopic (exact) mass is 212 g/mol. The van der Waals surface area contributed by atoms with Crippen LogP contribution in [-0.2, 0) is 0 Å². The van der Waals surface area contributed by atoms with Crippen LogP contribution < -0.4 is 5.32 Å². The second-order valence-corrected chi connectivity index (χ2v) is 5.30. The van der Waals surface area contributed by atoms with E-state index in [0.717, 1.165) is 6.54 Å². The van der Waals surface area contributed by atoms with Gasteiger partial charge in [0.15, 0.2) is 0 Å². The van der Waals surface area contributed by atoms with E-state index < -0.39 is 0 Å². The number of rotatable bonds is 5. The zero-order valence-electron chi connectivity index (χ0n) is 11.0. The van der Waals surface area contributed by atoms with Gasteiger partial charge >= 0.3 is 0 Å². The average molecular weight is 212 g/mol. The first-order valence-corrected chi connectivity index (χ1v) is 6.58. The molecule has 0 aliphatic carbocycles. The highest BCUT2D eigenvalue weighted by Crippen LogP contribution is 2.33. The highest BCUT2D eigenvalue weighted by atomic mass is 15.2. The number of piperidine rings is 1. The van der Waals surface area contributed by atoms with Crippen LogP contribution in [0, 0.1) is 5.41 Å². The Labute approximate surface area is 95.4 Å². The summed E-state index contributed by atoms with van der Waals surface area (Å²) >= 11 is 0. The Hall–Kier alpha value is -0.0800. The summed E-state index contributed by atoms with van der Waals surface area (Å²) in [5.74, 6) is 0. The quantitative estimate of drug-likeness (QED) is 0.753. The molecule has 1 aliphatic heterocycles. The molecule has 0 saturated carbocycles. The lowest BCUT2D eigenvalue weighted by Crippen LogP contribution is -2.50. The molecule has 2 heteroatoms. The van der Waals surface area contributed by atoms with Crippen LogP contribution in [0.4, 0.5) is 0 Å². The molecule has 1 saturated heterocycles. The molecule has 1 aliphatic rings. The Morgan fingerprint density at radius 2 is 2.07 bits per heavy atom. The first-order chi connectivity index (χ1) is 7.13. The molecule has 0 aromatic carbocycles. The Balaban J connectivity index is 2.55. The maximum absolute atomic E-state index is 3.54. The maximum Gasteiger partial charge on any atom is 0.00527 e. The van der Waals surface area contributed by atoms with Crippen molar-refractivity contribution in [2.75, 3.05) is 26.2 Å². The normalized spacial score (nSPS) is 28.6. The molecule has 0 aromatic heterocycles. The summed E-state index contributed by atoms with van der Waals surface area (Å²) in [4.78, 5) is 2.64. The topological polar surface area (TPSA) is 15.3 Å². The van der Waals surface area contributed by atoms with Crippen LogP contribution >= 0.6 is 0 Å². The highest BCUT2D eigenvalue weighted by molar-refractivity contribution is 4.88. The van der Waals surface area contributed by atoms with E-state index >= 15 is 0 Å². The average Bonchev–Trinajstić information content (AvgIpc) is 2.26. The van der Waals surface area contributed by atoms with Gasteiger partial charge in [0.1, 0.15) is 0 Å². The third-order valence-electron chi connectivity index (χ3n) is 3.92. The lowest BCUT2D eigenvalue weighted by molar-refractivity contribution is 0.0623. The van der Waals surface area contributed by atoms with Gasteiger partial charge in [-0.15, -0.1) is 0 Å².